The van der Waals surface area contributed by atoms with E-state index in [1.54, 1.807) is 12.1 Å². The topological polar surface area (TPSA) is 96.5 Å². The first kappa shape index (κ1) is 14.4. The molecule has 3 atom stereocenters. The highest BCUT2D eigenvalue weighted by atomic mass is 32.2. The minimum Gasteiger partial charge on any atom is -0.390 e. The number of hydrogen-bond donors (Lipinski definition) is 2. The smallest absolute Gasteiger partial charge is 0.260 e. The Morgan fingerprint density at radius 1 is 1.47 bits per heavy atom. The third-order valence-electron chi connectivity index (χ3n) is 3.57. The van der Waals surface area contributed by atoms with Crippen molar-refractivity contribution < 1.29 is 13.5 Å². The third kappa shape index (κ3) is 2.94. The monoisotopic (exact) mass is 285 g/mol. The zero-order valence-electron chi connectivity index (χ0n) is 10.8. The summed E-state index contributed by atoms with van der Waals surface area (Å²) in [5, 5.41) is 9.96. The Balaban J connectivity index is 2.27. The van der Waals surface area contributed by atoms with E-state index in [0.29, 0.717) is 13.0 Å². The van der Waals surface area contributed by atoms with E-state index in [2.05, 4.69) is 4.98 Å². The molecular weight excluding hydrogens is 266 g/mol. The Bertz CT molecular complexity index is 520. The number of nitrogens with two attached hydrogens (primary N) is 1. The average molecular weight is 285 g/mol. The van der Waals surface area contributed by atoms with E-state index in [-0.39, 0.29) is 17.5 Å². The van der Waals surface area contributed by atoms with Crippen molar-refractivity contribution >= 4 is 10.0 Å². The largest absolute Gasteiger partial charge is 0.390 e. The lowest BCUT2D eigenvalue weighted by Crippen LogP contribution is -2.44. The van der Waals surface area contributed by atoms with Crippen LogP contribution in [0.15, 0.2) is 29.4 Å². The summed E-state index contributed by atoms with van der Waals surface area (Å²) in [5.74, 6) is 0.0823. The predicted molar refractivity (Wildman–Crippen MR) is 70.8 cm³/mol. The molecule has 3 unspecified atom stereocenters. The van der Waals surface area contributed by atoms with Crippen molar-refractivity contribution in [3.05, 3.63) is 24.4 Å². The molecule has 0 amide bonds. The number of nitrogens with zero attached hydrogens (tertiary/aromatic N) is 2. The fourth-order valence-electron chi connectivity index (χ4n) is 2.19. The van der Waals surface area contributed by atoms with Crippen LogP contribution in [0.3, 0.4) is 0 Å². The van der Waals surface area contributed by atoms with Crippen molar-refractivity contribution in [2.75, 3.05) is 13.1 Å². The van der Waals surface area contributed by atoms with Crippen molar-refractivity contribution in [1.82, 2.24) is 9.29 Å². The number of aliphatic hydroxyl groups is 1. The zero-order valence-corrected chi connectivity index (χ0v) is 11.6. The van der Waals surface area contributed by atoms with Crippen molar-refractivity contribution in [1.29, 1.82) is 0 Å². The van der Waals surface area contributed by atoms with Crippen LogP contribution in [-0.4, -0.2) is 48.0 Å². The van der Waals surface area contributed by atoms with E-state index in [0.717, 1.165) is 0 Å². The highest BCUT2D eigenvalue weighted by molar-refractivity contribution is 7.89. The highest BCUT2D eigenvalue weighted by Gasteiger charge is 2.34. The van der Waals surface area contributed by atoms with Gasteiger partial charge in [-0.15, -0.1) is 0 Å². The van der Waals surface area contributed by atoms with Crippen LogP contribution in [0.25, 0.3) is 0 Å². The van der Waals surface area contributed by atoms with Crippen LogP contribution < -0.4 is 5.73 Å². The maximum absolute atomic E-state index is 12.4. The second-order valence-electron chi connectivity index (χ2n) is 4.94. The molecule has 1 aromatic rings. The van der Waals surface area contributed by atoms with Crippen LogP contribution >= 0.6 is 0 Å². The van der Waals surface area contributed by atoms with Crippen LogP contribution in [0.1, 0.15) is 13.3 Å². The highest BCUT2D eigenvalue weighted by Crippen LogP contribution is 2.21. The van der Waals surface area contributed by atoms with Crippen LogP contribution in [-0.2, 0) is 10.0 Å². The summed E-state index contributed by atoms with van der Waals surface area (Å²) >= 11 is 0. The molecule has 3 N–H and O–H groups in total. The van der Waals surface area contributed by atoms with E-state index < -0.39 is 22.2 Å². The van der Waals surface area contributed by atoms with Crippen molar-refractivity contribution in [2.24, 2.45) is 11.7 Å². The lowest BCUT2D eigenvalue weighted by atomic mass is 9.96. The number of pyridine rings is 1. The Morgan fingerprint density at radius 2 is 2.21 bits per heavy atom. The normalized spacial score (nSPS) is 29.9. The molecule has 7 heteroatoms. The molecule has 1 aliphatic heterocycles. The van der Waals surface area contributed by atoms with E-state index in [1.165, 1.54) is 16.6 Å². The molecule has 2 heterocycles. The van der Waals surface area contributed by atoms with Crippen molar-refractivity contribution in [3.63, 3.8) is 0 Å². The number of sulfonamides is 1. The summed E-state index contributed by atoms with van der Waals surface area (Å²) < 4.78 is 26.1. The summed E-state index contributed by atoms with van der Waals surface area (Å²) in [5.41, 5.74) is 5.88. The van der Waals surface area contributed by atoms with E-state index >= 15 is 0 Å². The summed E-state index contributed by atoms with van der Waals surface area (Å²) in [6.07, 6.45) is 1.22. The first-order chi connectivity index (χ1) is 8.93. The quantitative estimate of drug-likeness (QED) is 0.784. The van der Waals surface area contributed by atoms with Crippen molar-refractivity contribution in [2.45, 2.75) is 30.5 Å². The molecular formula is C12H19N3O3S. The molecule has 2 rings (SSSR count). The van der Waals surface area contributed by atoms with Gasteiger partial charge in [0.2, 0.25) is 0 Å². The van der Waals surface area contributed by atoms with Gasteiger partial charge in [0.1, 0.15) is 0 Å². The van der Waals surface area contributed by atoms with Gasteiger partial charge in [0.15, 0.2) is 5.03 Å². The number of aliphatic hydroxyl groups excluding tert-OH is 1. The zero-order chi connectivity index (χ0) is 14.0. The molecule has 0 saturated carbocycles. The molecule has 1 aliphatic rings. The van der Waals surface area contributed by atoms with Gasteiger partial charge in [0.05, 0.1) is 6.10 Å². The number of aromatic nitrogens is 1. The molecule has 1 aromatic heterocycles. The van der Waals surface area contributed by atoms with Crippen LogP contribution in [0.4, 0.5) is 0 Å². The molecule has 6 nitrogen and oxygen atoms in total. The fraction of sp³-hybridized carbons (Fsp3) is 0.583. The maximum atomic E-state index is 12.4. The molecule has 106 valence electrons. The van der Waals surface area contributed by atoms with Crippen LogP contribution in [0.2, 0.25) is 0 Å². The lowest BCUT2D eigenvalue weighted by Gasteiger charge is -2.23. The standard InChI is InChI=1S/C12H19N3O3S/c1-9-5-7-15(8-10(16)12(9)13)19(17,18)11-4-2-3-6-14-11/h2-4,6,9-10,12,16H,5,7-8,13H2,1H3. The van der Waals surface area contributed by atoms with E-state index in [1.807, 2.05) is 6.92 Å². The maximum Gasteiger partial charge on any atom is 0.260 e. The Labute approximate surface area is 113 Å². The van der Waals surface area contributed by atoms with Gasteiger partial charge in [-0.3, -0.25) is 0 Å². The molecule has 0 spiro atoms. The van der Waals surface area contributed by atoms with Gasteiger partial charge in [-0.1, -0.05) is 13.0 Å². The second kappa shape index (κ2) is 5.54. The van der Waals surface area contributed by atoms with E-state index in [4.69, 9.17) is 5.73 Å². The molecule has 0 aromatic carbocycles. The summed E-state index contributed by atoms with van der Waals surface area (Å²) in [6.45, 7) is 2.29. The van der Waals surface area contributed by atoms with Gasteiger partial charge in [0, 0.05) is 25.3 Å². The minimum absolute atomic E-state index is 0.00493. The summed E-state index contributed by atoms with van der Waals surface area (Å²) in [6, 6.07) is 4.34. The van der Waals surface area contributed by atoms with Gasteiger partial charge < -0.3 is 10.8 Å². The second-order valence-corrected chi connectivity index (χ2v) is 6.83. The first-order valence-electron chi connectivity index (χ1n) is 6.28. The third-order valence-corrected chi connectivity index (χ3v) is 5.35. The van der Waals surface area contributed by atoms with Gasteiger partial charge in [-0.05, 0) is 24.5 Å². The SMILES string of the molecule is CC1CCN(S(=O)(=O)c2ccccn2)CC(O)C1N. The Morgan fingerprint density at radius 3 is 2.84 bits per heavy atom. The van der Waals surface area contributed by atoms with Gasteiger partial charge in [0.25, 0.3) is 10.0 Å². The first-order valence-corrected chi connectivity index (χ1v) is 7.72. The van der Waals surface area contributed by atoms with Gasteiger partial charge in [-0.2, -0.15) is 4.31 Å². The summed E-state index contributed by atoms with van der Waals surface area (Å²) in [4.78, 5) is 3.88. The summed E-state index contributed by atoms with van der Waals surface area (Å²) in [7, 11) is -3.66. The van der Waals surface area contributed by atoms with Gasteiger partial charge in [-0.25, -0.2) is 13.4 Å². The molecule has 0 aliphatic carbocycles. The predicted octanol–water partition coefficient (Wildman–Crippen LogP) is -0.200. The number of β-amino-alcohol motifs (C(OH)–C–C–N with tert-alkyl or cyclic N) is 1. The molecule has 1 fully saturated rings. The Hall–Kier alpha value is -1.02. The lowest BCUT2D eigenvalue weighted by molar-refractivity contribution is 0.118. The average Bonchev–Trinajstić information content (AvgIpc) is 2.54. The molecule has 0 bridgehead atoms. The van der Waals surface area contributed by atoms with Crippen molar-refractivity contribution in [3.8, 4) is 0 Å². The number of hydrogen-bond acceptors (Lipinski definition) is 5. The Kier molecular flexibility index (Phi) is 4.19. The molecule has 0 radical (unpaired) electrons. The van der Waals surface area contributed by atoms with E-state index in [9.17, 15) is 13.5 Å². The number of rotatable bonds is 2. The minimum atomic E-state index is -3.66. The van der Waals surface area contributed by atoms with Gasteiger partial charge >= 0.3 is 0 Å². The van der Waals surface area contributed by atoms with Crippen LogP contribution in [0, 0.1) is 5.92 Å². The fourth-order valence-corrected chi connectivity index (χ4v) is 3.60. The molecule has 1 saturated heterocycles. The van der Waals surface area contributed by atoms with Crippen LogP contribution in [0.5, 0.6) is 0 Å². The molecule has 19 heavy (non-hydrogen) atoms.